The summed E-state index contributed by atoms with van der Waals surface area (Å²) in [5.41, 5.74) is 0.971. The lowest BCUT2D eigenvalue weighted by atomic mass is 9.92. The third-order valence-electron chi connectivity index (χ3n) is 5.85. The van der Waals surface area contributed by atoms with Crippen LogP contribution in [0.15, 0.2) is 24.3 Å². The summed E-state index contributed by atoms with van der Waals surface area (Å²) in [6, 6.07) is 7.72. The molecule has 0 aromatic heterocycles. The van der Waals surface area contributed by atoms with Gasteiger partial charge in [-0.25, -0.2) is 0 Å². The van der Waals surface area contributed by atoms with Crippen LogP contribution in [0.2, 0.25) is 0 Å². The number of carbonyl (C=O) groups excluding carboxylic acids is 2. The fraction of sp³-hybridized carbons (Fsp3) is 0.600. The van der Waals surface area contributed by atoms with E-state index in [-0.39, 0.29) is 36.4 Å². The van der Waals surface area contributed by atoms with E-state index in [0.717, 1.165) is 24.2 Å². The number of ether oxygens (including phenoxy) is 1. The fourth-order valence-electron chi connectivity index (χ4n) is 4.41. The lowest BCUT2D eigenvalue weighted by Crippen LogP contribution is -2.54. The molecule has 1 aromatic carbocycles. The summed E-state index contributed by atoms with van der Waals surface area (Å²) in [5, 5.41) is 12.4. The van der Waals surface area contributed by atoms with Crippen LogP contribution in [0.1, 0.15) is 30.9 Å². The molecule has 2 N–H and O–H groups in total. The van der Waals surface area contributed by atoms with Gasteiger partial charge in [-0.1, -0.05) is 12.1 Å². The van der Waals surface area contributed by atoms with Crippen LogP contribution in [0, 0.1) is 5.92 Å². The van der Waals surface area contributed by atoms with Gasteiger partial charge in [-0.2, -0.15) is 0 Å². The summed E-state index contributed by atoms with van der Waals surface area (Å²) < 4.78 is 5.25. The molecule has 146 valence electrons. The standard InChI is InChI=1S/C20H27N3O4/c1-27-16-6-2-13(3-7-16)19-17(20(26)21-14-4-5-14)10-15-11-22(8-9-24)12-18(25)23(15)19/h2-3,6-7,14-15,17,19,24H,4-5,8-12H2,1H3,(H,21,26)/t15-,17-,19-/m1/s1. The molecule has 2 amide bonds. The van der Waals surface area contributed by atoms with Crippen LogP contribution >= 0.6 is 0 Å². The van der Waals surface area contributed by atoms with Crippen molar-refractivity contribution in [2.75, 3.05) is 33.4 Å². The van der Waals surface area contributed by atoms with Crippen LogP contribution in [-0.4, -0.2) is 72.2 Å². The van der Waals surface area contributed by atoms with Crippen molar-refractivity contribution in [1.82, 2.24) is 15.1 Å². The molecular weight excluding hydrogens is 346 g/mol. The van der Waals surface area contributed by atoms with Gasteiger partial charge in [-0.15, -0.1) is 0 Å². The summed E-state index contributed by atoms with van der Waals surface area (Å²) >= 11 is 0. The lowest BCUT2D eigenvalue weighted by molar-refractivity contribution is -0.141. The van der Waals surface area contributed by atoms with Gasteiger partial charge in [-0.05, 0) is 37.0 Å². The smallest absolute Gasteiger partial charge is 0.237 e. The average Bonchev–Trinajstić information content (AvgIpc) is 3.39. The molecule has 1 saturated carbocycles. The molecule has 2 saturated heterocycles. The van der Waals surface area contributed by atoms with Crippen molar-refractivity contribution in [3.8, 4) is 5.75 Å². The van der Waals surface area contributed by atoms with Crippen molar-refractivity contribution in [2.45, 2.75) is 37.4 Å². The van der Waals surface area contributed by atoms with Gasteiger partial charge in [0.05, 0.1) is 32.2 Å². The molecule has 0 unspecified atom stereocenters. The van der Waals surface area contributed by atoms with Gasteiger partial charge in [0, 0.05) is 25.2 Å². The first-order valence-corrected chi connectivity index (χ1v) is 9.69. The molecule has 2 aliphatic heterocycles. The molecule has 4 rings (SSSR count). The van der Waals surface area contributed by atoms with Crippen molar-refractivity contribution in [3.63, 3.8) is 0 Å². The molecule has 27 heavy (non-hydrogen) atoms. The number of nitrogens with zero attached hydrogens (tertiary/aromatic N) is 2. The van der Waals surface area contributed by atoms with Crippen LogP contribution in [0.5, 0.6) is 5.75 Å². The summed E-state index contributed by atoms with van der Waals surface area (Å²) in [4.78, 5) is 29.7. The van der Waals surface area contributed by atoms with Crippen molar-refractivity contribution in [1.29, 1.82) is 0 Å². The third-order valence-corrected chi connectivity index (χ3v) is 5.85. The second-order valence-electron chi connectivity index (χ2n) is 7.76. The van der Waals surface area contributed by atoms with E-state index in [1.54, 1.807) is 7.11 Å². The lowest BCUT2D eigenvalue weighted by Gasteiger charge is -2.40. The number of piperazine rings is 1. The van der Waals surface area contributed by atoms with Crippen molar-refractivity contribution < 1.29 is 19.4 Å². The number of methoxy groups -OCH3 is 1. The number of nitrogens with one attached hydrogen (secondary N) is 1. The quantitative estimate of drug-likeness (QED) is 0.761. The zero-order valence-electron chi connectivity index (χ0n) is 15.6. The van der Waals surface area contributed by atoms with E-state index < -0.39 is 0 Å². The minimum atomic E-state index is -0.248. The van der Waals surface area contributed by atoms with Gasteiger partial charge in [0.1, 0.15) is 5.75 Å². The van der Waals surface area contributed by atoms with E-state index in [4.69, 9.17) is 4.74 Å². The molecule has 7 nitrogen and oxygen atoms in total. The van der Waals surface area contributed by atoms with Gasteiger partial charge in [0.2, 0.25) is 11.8 Å². The van der Waals surface area contributed by atoms with E-state index in [1.165, 1.54) is 0 Å². The number of β-amino-alcohol motifs (C(OH)–C–C–N with tert-alkyl or cyclic N) is 1. The van der Waals surface area contributed by atoms with E-state index >= 15 is 0 Å². The van der Waals surface area contributed by atoms with Crippen LogP contribution in [0.4, 0.5) is 0 Å². The van der Waals surface area contributed by atoms with Crippen LogP contribution < -0.4 is 10.1 Å². The Morgan fingerprint density at radius 1 is 1.30 bits per heavy atom. The minimum absolute atomic E-state index is 0.000135. The number of rotatable bonds is 6. The number of benzene rings is 1. The summed E-state index contributed by atoms with van der Waals surface area (Å²) in [6.45, 7) is 1.52. The predicted molar refractivity (Wildman–Crippen MR) is 99.2 cm³/mol. The van der Waals surface area contributed by atoms with E-state index in [0.29, 0.717) is 32.1 Å². The molecule has 2 heterocycles. The summed E-state index contributed by atoms with van der Waals surface area (Å²) in [6.07, 6.45) is 2.74. The Kier molecular flexibility index (Phi) is 5.06. The molecule has 1 aliphatic carbocycles. The fourth-order valence-corrected chi connectivity index (χ4v) is 4.41. The number of carbonyl (C=O) groups is 2. The van der Waals surface area contributed by atoms with Gasteiger partial charge in [-0.3, -0.25) is 14.5 Å². The van der Waals surface area contributed by atoms with Gasteiger partial charge >= 0.3 is 0 Å². The second-order valence-corrected chi connectivity index (χ2v) is 7.76. The number of amides is 2. The monoisotopic (exact) mass is 373 g/mol. The highest BCUT2D eigenvalue weighted by atomic mass is 16.5. The van der Waals surface area contributed by atoms with Crippen LogP contribution in [0.3, 0.4) is 0 Å². The highest BCUT2D eigenvalue weighted by Crippen LogP contribution is 2.43. The molecule has 3 atom stereocenters. The molecule has 1 aromatic rings. The normalized spacial score (nSPS) is 28.1. The second kappa shape index (κ2) is 7.48. The predicted octanol–water partition coefficient (Wildman–Crippen LogP) is 0.540. The zero-order chi connectivity index (χ0) is 19.0. The highest BCUT2D eigenvalue weighted by molar-refractivity contribution is 5.85. The molecule has 3 fully saturated rings. The third kappa shape index (κ3) is 3.66. The topological polar surface area (TPSA) is 82.1 Å². The Balaban J connectivity index is 1.62. The van der Waals surface area contributed by atoms with Crippen molar-refractivity contribution in [3.05, 3.63) is 29.8 Å². The molecule has 3 aliphatic rings. The Morgan fingerprint density at radius 3 is 2.67 bits per heavy atom. The van der Waals surface area contributed by atoms with Crippen molar-refractivity contribution >= 4 is 11.8 Å². The van der Waals surface area contributed by atoms with Gasteiger partial charge in [0.15, 0.2) is 0 Å². The minimum Gasteiger partial charge on any atom is -0.497 e. The number of aliphatic hydroxyl groups excluding tert-OH is 1. The highest BCUT2D eigenvalue weighted by Gasteiger charge is 2.50. The number of aliphatic hydroxyl groups is 1. The molecule has 7 heteroatoms. The molecule has 0 radical (unpaired) electrons. The number of hydrogen-bond acceptors (Lipinski definition) is 5. The Bertz CT molecular complexity index is 704. The van der Waals surface area contributed by atoms with E-state index in [2.05, 4.69) is 5.32 Å². The summed E-state index contributed by atoms with van der Waals surface area (Å²) in [5.74, 6) is 0.588. The molecular formula is C20H27N3O4. The average molecular weight is 373 g/mol. The Morgan fingerprint density at radius 2 is 2.04 bits per heavy atom. The van der Waals surface area contributed by atoms with Gasteiger partial charge < -0.3 is 20.1 Å². The number of fused-ring (bicyclic) bond motifs is 1. The first-order valence-electron chi connectivity index (χ1n) is 9.69. The largest absolute Gasteiger partial charge is 0.497 e. The molecule has 0 spiro atoms. The molecule has 0 bridgehead atoms. The Hall–Kier alpha value is -2.12. The van der Waals surface area contributed by atoms with E-state index in [1.807, 2.05) is 34.1 Å². The van der Waals surface area contributed by atoms with Crippen LogP contribution in [-0.2, 0) is 9.59 Å². The van der Waals surface area contributed by atoms with Crippen molar-refractivity contribution in [2.24, 2.45) is 5.92 Å². The van der Waals surface area contributed by atoms with Gasteiger partial charge in [0.25, 0.3) is 0 Å². The van der Waals surface area contributed by atoms with E-state index in [9.17, 15) is 14.7 Å². The first kappa shape index (κ1) is 18.3. The first-order chi connectivity index (χ1) is 13.1. The maximum atomic E-state index is 12.9. The zero-order valence-corrected chi connectivity index (χ0v) is 15.6. The SMILES string of the molecule is COc1ccc([C@@H]2[C@H](C(=O)NC3CC3)C[C@@H]3CN(CCO)CC(=O)N32)cc1. The number of hydrogen-bond donors (Lipinski definition) is 2. The maximum Gasteiger partial charge on any atom is 0.237 e. The summed E-state index contributed by atoms with van der Waals surface area (Å²) in [7, 11) is 1.62. The van der Waals surface area contributed by atoms with Crippen LogP contribution in [0.25, 0.3) is 0 Å². The maximum absolute atomic E-state index is 12.9. The Labute approximate surface area is 159 Å².